The highest BCUT2D eigenvalue weighted by Gasteiger charge is 2.18. The van der Waals surface area contributed by atoms with Crippen molar-refractivity contribution in [3.63, 3.8) is 0 Å². The smallest absolute Gasteiger partial charge is 0.0493 e. The molecule has 0 aliphatic rings. The molecule has 2 rings (SSSR count). The van der Waals surface area contributed by atoms with E-state index < -0.39 is 24.3 Å². The van der Waals surface area contributed by atoms with Crippen molar-refractivity contribution in [1.82, 2.24) is 4.57 Å². The number of rotatable bonds is 4. The van der Waals surface area contributed by atoms with Gasteiger partial charge in [-0.15, -0.1) is 0 Å². The summed E-state index contributed by atoms with van der Waals surface area (Å²) in [5.41, 5.74) is 1.29. The molecule has 1 heterocycles. The van der Waals surface area contributed by atoms with E-state index in [1.807, 2.05) is 12.1 Å². The SMILES string of the molecule is Cn1cc([C@@H](CC(=O)[O-])C(=O)[O-])c2ccccc21. The number of nitrogens with zero attached hydrogens (tertiary/aromatic N) is 1. The van der Waals surface area contributed by atoms with E-state index in [-0.39, 0.29) is 0 Å². The number of aryl methyl sites for hydroxylation is 1. The highest BCUT2D eigenvalue weighted by Crippen LogP contribution is 2.28. The van der Waals surface area contributed by atoms with Crippen molar-refractivity contribution in [3.8, 4) is 0 Å². The lowest BCUT2D eigenvalue weighted by Gasteiger charge is -2.18. The van der Waals surface area contributed by atoms with E-state index in [9.17, 15) is 19.8 Å². The number of benzene rings is 1. The van der Waals surface area contributed by atoms with Crippen LogP contribution in [-0.2, 0) is 16.6 Å². The molecule has 0 unspecified atom stereocenters. The Labute approximate surface area is 103 Å². The van der Waals surface area contributed by atoms with Crippen LogP contribution in [0.4, 0.5) is 0 Å². The summed E-state index contributed by atoms with van der Waals surface area (Å²) in [4.78, 5) is 21.7. The highest BCUT2D eigenvalue weighted by atomic mass is 16.4. The van der Waals surface area contributed by atoms with Gasteiger partial charge in [0.25, 0.3) is 0 Å². The molecule has 5 heteroatoms. The fourth-order valence-electron chi connectivity index (χ4n) is 2.14. The standard InChI is InChI=1S/C13H13NO4/c1-14-7-10(8-4-2-3-5-11(8)14)9(13(17)18)6-12(15)16/h2-5,7,9H,6H2,1H3,(H,15,16)(H,17,18)/p-2/t9-/m1/s1. The molecule has 5 nitrogen and oxygen atoms in total. The van der Waals surface area contributed by atoms with Crippen molar-refractivity contribution in [2.75, 3.05) is 0 Å². The van der Waals surface area contributed by atoms with Gasteiger partial charge in [0.15, 0.2) is 0 Å². The van der Waals surface area contributed by atoms with E-state index in [0.717, 1.165) is 10.9 Å². The largest absolute Gasteiger partial charge is 0.550 e. The predicted octanol–water partition coefficient (Wildman–Crippen LogP) is -0.848. The van der Waals surface area contributed by atoms with E-state index in [1.54, 1.807) is 29.9 Å². The quantitative estimate of drug-likeness (QED) is 0.702. The van der Waals surface area contributed by atoms with E-state index in [2.05, 4.69) is 0 Å². The molecule has 0 N–H and O–H groups in total. The van der Waals surface area contributed by atoms with Gasteiger partial charge in [0.1, 0.15) is 0 Å². The van der Waals surface area contributed by atoms with Gasteiger partial charge in [-0.25, -0.2) is 0 Å². The second-order valence-corrected chi connectivity index (χ2v) is 4.16. The lowest BCUT2D eigenvalue weighted by atomic mass is 9.95. The number of carboxylic acids is 2. The van der Waals surface area contributed by atoms with Crippen molar-refractivity contribution in [2.24, 2.45) is 7.05 Å². The van der Waals surface area contributed by atoms with Gasteiger partial charge in [0, 0.05) is 42.0 Å². The molecule has 18 heavy (non-hydrogen) atoms. The molecule has 94 valence electrons. The highest BCUT2D eigenvalue weighted by molar-refractivity contribution is 5.91. The van der Waals surface area contributed by atoms with Crippen LogP contribution in [0.2, 0.25) is 0 Å². The van der Waals surface area contributed by atoms with Crippen molar-refractivity contribution in [3.05, 3.63) is 36.0 Å². The Bertz CT molecular complexity index is 614. The summed E-state index contributed by atoms with van der Waals surface area (Å²) in [6.07, 6.45) is 1.03. The Balaban J connectivity index is 2.57. The van der Waals surface area contributed by atoms with Crippen molar-refractivity contribution in [2.45, 2.75) is 12.3 Å². The minimum Gasteiger partial charge on any atom is -0.550 e. The minimum absolute atomic E-state index is 0.442. The predicted molar refractivity (Wildman–Crippen MR) is 60.3 cm³/mol. The van der Waals surface area contributed by atoms with Crippen LogP contribution in [0.15, 0.2) is 30.5 Å². The molecule has 0 amide bonds. The van der Waals surface area contributed by atoms with Gasteiger partial charge in [0.2, 0.25) is 0 Å². The molecule has 0 saturated carbocycles. The Kier molecular flexibility index (Phi) is 3.06. The summed E-state index contributed by atoms with van der Waals surface area (Å²) in [6.45, 7) is 0. The van der Waals surface area contributed by atoms with Gasteiger partial charge < -0.3 is 24.4 Å². The molecule has 0 fully saturated rings. The lowest BCUT2D eigenvalue weighted by molar-refractivity contribution is -0.317. The van der Waals surface area contributed by atoms with Gasteiger partial charge in [0.05, 0.1) is 0 Å². The number of hydrogen-bond donors (Lipinski definition) is 0. The number of hydrogen-bond acceptors (Lipinski definition) is 4. The summed E-state index contributed by atoms with van der Waals surface area (Å²) in [5.74, 6) is -4.01. The van der Waals surface area contributed by atoms with Crippen LogP contribution in [0.5, 0.6) is 0 Å². The molecule has 0 radical (unpaired) electrons. The average molecular weight is 245 g/mol. The second kappa shape index (κ2) is 4.52. The maximum atomic E-state index is 11.1. The van der Waals surface area contributed by atoms with Crippen molar-refractivity contribution >= 4 is 22.8 Å². The number of para-hydroxylation sites is 1. The van der Waals surface area contributed by atoms with Gasteiger partial charge >= 0.3 is 0 Å². The maximum absolute atomic E-state index is 11.1. The topological polar surface area (TPSA) is 85.2 Å². The summed E-state index contributed by atoms with van der Waals surface area (Å²) < 4.78 is 1.76. The van der Waals surface area contributed by atoms with E-state index in [4.69, 9.17) is 0 Å². The lowest BCUT2D eigenvalue weighted by Crippen LogP contribution is -2.34. The van der Waals surface area contributed by atoms with E-state index >= 15 is 0 Å². The maximum Gasteiger partial charge on any atom is 0.0493 e. The van der Waals surface area contributed by atoms with Crippen LogP contribution in [0.3, 0.4) is 0 Å². The summed E-state index contributed by atoms with van der Waals surface area (Å²) in [7, 11) is 1.77. The Hall–Kier alpha value is -2.30. The van der Waals surface area contributed by atoms with Gasteiger partial charge in [-0.3, -0.25) is 0 Å². The third-order valence-corrected chi connectivity index (χ3v) is 2.96. The van der Waals surface area contributed by atoms with Crippen LogP contribution >= 0.6 is 0 Å². The van der Waals surface area contributed by atoms with Crippen LogP contribution in [0.25, 0.3) is 10.9 Å². The molecule has 2 aromatic rings. The molecule has 1 aromatic heterocycles. The molecular formula is C13H11NO4-2. The zero-order valence-corrected chi connectivity index (χ0v) is 9.75. The van der Waals surface area contributed by atoms with Crippen LogP contribution in [-0.4, -0.2) is 16.5 Å². The first kappa shape index (κ1) is 12.2. The fraction of sp³-hybridized carbons (Fsp3) is 0.231. The minimum atomic E-state index is -1.41. The first-order valence-electron chi connectivity index (χ1n) is 5.45. The van der Waals surface area contributed by atoms with Gasteiger partial charge in [-0.2, -0.15) is 0 Å². The number of aromatic nitrogens is 1. The number of carboxylic acid groups (broad SMARTS) is 2. The van der Waals surface area contributed by atoms with E-state index in [0.29, 0.717) is 5.56 Å². The Morgan fingerprint density at radius 2 is 1.94 bits per heavy atom. The molecule has 1 aromatic carbocycles. The molecule has 0 aliphatic heterocycles. The monoisotopic (exact) mass is 245 g/mol. The number of aliphatic carboxylic acids is 2. The fourth-order valence-corrected chi connectivity index (χ4v) is 2.14. The van der Waals surface area contributed by atoms with Crippen molar-refractivity contribution in [1.29, 1.82) is 0 Å². The van der Waals surface area contributed by atoms with Gasteiger partial charge in [-0.1, -0.05) is 18.2 Å². The second-order valence-electron chi connectivity index (χ2n) is 4.16. The number of fused-ring (bicyclic) bond motifs is 1. The molecule has 0 bridgehead atoms. The molecule has 0 spiro atoms. The first-order chi connectivity index (χ1) is 8.50. The third-order valence-electron chi connectivity index (χ3n) is 2.96. The molecular weight excluding hydrogens is 234 g/mol. The number of carbonyl (C=O) groups excluding carboxylic acids is 2. The zero-order chi connectivity index (χ0) is 13.3. The average Bonchev–Trinajstić information content (AvgIpc) is 2.64. The van der Waals surface area contributed by atoms with E-state index in [1.165, 1.54) is 0 Å². The Morgan fingerprint density at radius 1 is 1.28 bits per heavy atom. The Morgan fingerprint density at radius 3 is 2.56 bits per heavy atom. The first-order valence-corrected chi connectivity index (χ1v) is 5.45. The van der Waals surface area contributed by atoms with Crippen LogP contribution in [0, 0.1) is 0 Å². The van der Waals surface area contributed by atoms with Gasteiger partial charge in [-0.05, 0) is 18.1 Å². The van der Waals surface area contributed by atoms with Crippen LogP contribution in [0.1, 0.15) is 17.9 Å². The molecule has 0 saturated heterocycles. The summed E-state index contributed by atoms with van der Waals surface area (Å²) >= 11 is 0. The summed E-state index contributed by atoms with van der Waals surface area (Å²) in [5, 5.41) is 22.4. The van der Waals surface area contributed by atoms with Crippen molar-refractivity contribution < 1.29 is 19.8 Å². The molecule has 0 aliphatic carbocycles. The summed E-state index contributed by atoms with van der Waals surface area (Å²) in [6, 6.07) is 7.20. The normalized spacial score (nSPS) is 12.5. The zero-order valence-electron chi connectivity index (χ0n) is 9.75. The number of carbonyl (C=O) groups is 2. The third kappa shape index (κ3) is 2.07. The molecule has 1 atom stereocenters. The van der Waals surface area contributed by atoms with Crippen LogP contribution < -0.4 is 10.2 Å².